The number of barbiturate groups is 1. The van der Waals surface area contributed by atoms with Crippen LogP contribution in [0.5, 0.6) is 0 Å². The third kappa shape index (κ3) is 4.42. The number of esters is 1. The minimum Gasteiger partial charge on any atom is -0.462 e. The fourth-order valence-electron chi connectivity index (χ4n) is 3.19. The third-order valence-corrected chi connectivity index (χ3v) is 4.78. The largest absolute Gasteiger partial charge is 0.462 e. The van der Waals surface area contributed by atoms with Gasteiger partial charge < -0.3 is 9.15 Å². The van der Waals surface area contributed by atoms with Crippen molar-refractivity contribution in [3.8, 4) is 11.3 Å². The highest BCUT2D eigenvalue weighted by atomic mass is 19.1. The summed E-state index contributed by atoms with van der Waals surface area (Å²) in [5.74, 6) is -2.07. The van der Waals surface area contributed by atoms with Gasteiger partial charge in [-0.15, -0.1) is 0 Å². The zero-order valence-corrected chi connectivity index (χ0v) is 17.3. The summed E-state index contributed by atoms with van der Waals surface area (Å²) >= 11 is 0. The molecule has 9 heteroatoms. The Labute approximate surface area is 187 Å². The smallest absolute Gasteiger partial charge is 0.338 e. The number of carbonyl (C=O) groups is 4. The molecule has 4 rings (SSSR count). The molecule has 3 aromatic rings. The van der Waals surface area contributed by atoms with E-state index in [4.69, 9.17) is 9.15 Å². The number of anilines is 1. The third-order valence-electron chi connectivity index (χ3n) is 4.78. The lowest BCUT2D eigenvalue weighted by Crippen LogP contribution is -2.54. The van der Waals surface area contributed by atoms with Crippen molar-refractivity contribution in [2.75, 3.05) is 11.5 Å². The number of nitrogens with one attached hydrogen (secondary N) is 1. The summed E-state index contributed by atoms with van der Waals surface area (Å²) < 4.78 is 23.9. The molecule has 1 saturated heterocycles. The van der Waals surface area contributed by atoms with Crippen molar-refractivity contribution in [1.82, 2.24) is 5.32 Å². The van der Waals surface area contributed by atoms with Crippen LogP contribution < -0.4 is 10.2 Å². The van der Waals surface area contributed by atoms with Gasteiger partial charge in [-0.25, -0.2) is 18.9 Å². The Bertz CT molecular complexity index is 1280. The fourth-order valence-corrected chi connectivity index (χ4v) is 3.19. The predicted molar refractivity (Wildman–Crippen MR) is 116 cm³/mol. The Morgan fingerprint density at radius 2 is 1.73 bits per heavy atom. The van der Waals surface area contributed by atoms with Gasteiger partial charge in [0.25, 0.3) is 11.8 Å². The van der Waals surface area contributed by atoms with Gasteiger partial charge in [-0.1, -0.05) is 12.1 Å². The summed E-state index contributed by atoms with van der Waals surface area (Å²) in [6.07, 6.45) is 1.22. The van der Waals surface area contributed by atoms with Crippen molar-refractivity contribution in [2.24, 2.45) is 0 Å². The minimum absolute atomic E-state index is 0.110. The van der Waals surface area contributed by atoms with Gasteiger partial charge in [0.2, 0.25) is 0 Å². The first-order valence-electron chi connectivity index (χ1n) is 9.92. The number of furan rings is 1. The number of hydrogen-bond acceptors (Lipinski definition) is 6. The van der Waals surface area contributed by atoms with Crippen LogP contribution in [0, 0.1) is 5.82 Å². The summed E-state index contributed by atoms with van der Waals surface area (Å²) in [5, 5.41) is 2.09. The molecule has 1 fully saturated rings. The molecule has 1 aliphatic rings. The lowest BCUT2D eigenvalue weighted by atomic mass is 10.1. The van der Waals surface area contributed by atoms with Gasteiger partial charge in [0.15, 0.2) is 0 Å². The molecular weight excluding hydrogens is 431 g/mol. The minimum atomic E-state index is -0.935. The van der Waals surface area contributed by atoms with Crippen LogP contribution in [0.15, 0.2) is 70.7 Å². The van der Waals surface area contributed by atoms with Gasteiger partial charge in [-0.2, -0.15) is 0 Å². The average molecular weight is 448 g/mol. The Morgan fingerprint density at radius 1 is 1.03 bits per heavy atom. The first-order chi connectivity index (χ1) is 15.9. The molecule has 1 N–H and O–H groups in total. The summed E-state index contributed by atoms with van der Waals surface area (Å²) in [6, 6.07) is 13.5. The number of carbonyl (C=O) groups excluding carboxylic acids is 4. The van der Waals surface area contributed by atoms with Crippen LogP contribution in [0.2, 0.25) is 0 Å². The van der Waals surface area contributed by atoms with E-state index in [1.165, 1.54) is 18.2 Å². The van der Waals surface area contributed by atoms with E-state index in [9.17, 15) is 23.6 Å². The zero-order valence-electron chi connectivity index (χ0n) is 17.3. The first-order valence-corrected chi connectivity index (χ1v) is 9.92. The van der Waals surface area contributed by atoms with Gasteiger partial charge >= 0.3 is 12.0 Å². The van der Waals surface area contributed by atoms with Crippen LogP contribution in [0.4, 0.5) is 14.9 Å². The molecule has 2 heterocycles. The van der Waals surface area contributed by atoms with Crippen LogP contribution in [0.1, 0.15) is 23.0 Å². The summed E-state index contributed by atoms with van der Waals surface area (Å²) in [7, 11) is 0. The number of urea groups is 1. The maximum Gasteiger partial charge on any atom is 0.338 e. The standard InChI is InChI=1S/C24H17FN2O6/c1-2-32-23(30)15-5-3-14(4-6-15)20-12-11-18(33-20)13-19-21(28)26-24(31)27(22(19)29)17-9-7-16(25)8-10-17/h3-13H,2H2,1H3,(H,26,28,31)/b19-13-. The van der Waals surface area contributed by atoms with Gasteiger partial charge in [-0.05, 0) is 61.5 Å². The molecule has 0 bridgehead atoms. The van der Waals surface area contributed by atoms with Crippen molar-refractivity contribution in [3.05, 3.63) is 83.4 Å². The average Bonchev–Trinajstić information content (AvgIpc) is 3.27. The number of amides is 4. The van der Waals surface area contributed by atoms with Crippen molar-refractivity contribution >= 4 is 35.6 Å². The predicted octanol–water partition coefficient (Wildman–Crippen LogP) is 3.93. The summed E-state index contributed by atoms with van der Waals surface area (Å²) in [6.45, 7) is 1.99. The van der Waals surface area contributed by atoms with Crippen LogP contribution in [-0.2, 0) is 14.3 Å². The Morgan fingerprint density at radius 3 is 2.39 bits per heavy atom. The molecule has 33 heavy (non-hydrogen) atoms. The van der Waals surface area contributed by atoms with E-state index in [1.54, 1.807) is 43.3 Å². The number of nitrogens with zero attached hydrogens (tertiary/aromatic N) is 1. The van der Waals surface area contributed by atoms with Crippen molar-refractivity contribution < 1.29 is 32.7 Å². The van der Waals surface area contributed by atoms with Crippen molar-refractivity contribution in [1.29, 1.82) is 0 Å². The fraction of sp³-hybridized carbons (Fsp3) is 0.0833. The zero-order chi connectivity index (χ0) is 23.5. The molecule has 0 atom stereocenters. The van der Waals surface area contributed by atoms with E-state index < -0.39 is 29.6 Å². The van der Waals surface area contributed by atoms with Gasteiger partial charge in [0, 0.05) is 5.56 Å². The molecule has 2 aromatic carbocycles. The Hall–Kier alpha value is -4.53. The first kappa shape index (κ1) is 21.7. The van der Waals surface area contributed by atoms with Crippen LogP contribution in [0.25, 0.3) is 17.4 Å². The number of rotatable bonds is 5. The molecular formula is C24H17FN2O6. The number of imide groups is 2. The van der Waals surface area contributed by atoms with Crippen LogP contribution >= 0.6 is 0 Å². The maximum atomic E-state index is 13.2. The van der Waals surface area contributed by atoms with E-state index >= 15 is 0 Å². The second-order valence-electron chi connectivity index (χ2n) is 6.93. The molecule has 4 amide bonds. The molecule has 8 nitrogen and oxygen atoms in total. The molecule has 0 radical (unpaired) electrons. The van der Waals surface area contributed by atoms with E-state index in [0.717, 1.165) is 17.0 Å². The maximum absolute atomic E-state index is 13.2. The second kappa shape index (κ2) is 8.91. The SMILES string of the molecule is CCOC(=O)c1ccc(-c2ccc(/C=C3/C(=O)NC(=O)N(c4ccc(F)cc4)C3=O)o2)cc1. The molecule has 0 saturated carbocycles. The number of halogens is 1. The molecule has 0 unspecified atom stereocenters. The van der Waals surface area contributed by atoms with Crippen molar-refractivity contribution in [2.45, 2.75) is 6.92 Å². The number of benzene rings is 2. The van der Waals surface area contributed by atoms with Gasteiger partial charge in [-0.3, -0.25) is 14.9 Å². The topological polar surface area (TPSA) is 106 Å². The molecule has 166 valence electrons. The quantitative estimate of drug-likeness (QED) is 0.360. The second-order valence-corrected chi connectivity index (χ2v) is 6.93. The van der Waals surface area contributed by atoms with Gasteiger partial charge in [0.05, 0.1) is 17.9 Å². The van der Waals surface area contributed by atoms with Gasteiger partial charge in [0.1, 0.15) is 22.9 Å². The van der Waals surface area contributed by atoms with Crippen molar-refractivity contribution in [3.63, 3.8) is 0 Å². The Kier molecular flexibility index (Phi) is 5.86. The normalized spacial score (nSPS) is 15.0. The molecule has 0 spiro atoms. The molecule has 0 aliphatic carbocycles. The van der Waals surface area contributed by atoms with Crippen LogP contribution in [-0.4, -0.2) is 30.4 Å². The lowest BCUT2D eigenvalue weighted by molar-refractivity contribution is -0.122. The number of hydrogen-bond donors (Lipinski definition) is 1. The Balaban J connectivity index is 1.59. The highest BCUT2D eigenvalue weighted by molar-refractivity contribution is 6.39. The molecule has 1 aliphatic heterocycles. The van der Waals surface area contributed by atoms with E-state index in [2.05, 4.69) is 5.32 Å². The lowest BCUT2D eigenvalue weighted by Gasteiger charge is -2.26. The molecule has 1 aromatic heterocycles. The summed E-state index contributed by atoms with van der Waals surface area (Å²) in [5.41, 5.74) is 0.844. The van der Waals surface area contributed by atoms with E-state index in [1.807, 2.05) is 0 Å². The number of ether oxygens (including phenoxy) is 1. The highest BCUT2D eigenvalue weighted by Gasteiger charge is 2.37. The monoisotopic (exact) mass is 448 g/mol. The summed E-state index contributed by atoms with van der Waals surface area (Å²) in [4.78, 5) is 49.9. The van der Waals surface area contributed by atoms with E-state index in [0.29, 0.717) is 16.9 Å². The highest BCUT2D eigenvalue weighted by Crippen LogP contribution is 2.26. The van der Waals surface area contributed by atoms with E-state index in [-0.39, 0.29) is 23.6 Å². The van der Waals surface area contributed by atoms with Crippen LogP contribution in [0.3, 0.4) is 0 Å².